The summed E-state index contributed by atoms with van der Waals surface area (Å²) in [6.45, 7) is 1.93. The molecule has 0 heterocycles. The monoisotopic (exact) mass is 1180 g/mol. The topological polar surface area (TPSA) is 199 Å². The summed E-state index contributed by atoms with van der Waals surface area (Å²) in [5, 5.41) is 36.9. The number of aryl methyl sites for hydroxylation is 1. The first-order valence-corrected chi connectivity index (χ1v) is 25.5. The summed E-state index contributed by atoms with van der Waals surface area (Å²) in [5.74, 6) is -4.22. The number of hydrogen-bond acceptors (Lipinski definition) is 6. The van der Waals surface area contributed by atoms with E-state index in [9.17, 15) is 55.1 Å². The second-order valence-electron chi connectivity index (χ2n) is 18.1. The van der Waals surface area contributed by atoms with Crippen molar-refractivity contribution >= 4 is 82.0 Å². The minimum atomic E-state index is -4.45. The molecule has 0 bridgehead atoms. The Hall–Kier alpha value is -7.12. The van der Waals surface area contributed by atoms with Crippen LogP contribution in [0.4, 0.5) is 26.3 Å². The van der Waals surface area contributed by atoms with Gasteiger partial charge in [-0.2, -0.15) is 26.3 Å². The molecular weight excluding hydrogens is 1130 g/mol. The molecule has 0 aliphatic heterocycles. The summed E-state index contributed by atoms with van der Waals surface area (Å²) in [6, 6.07) is 33.2. The van der Waals surface area contributed by atoms with E-state index in [1.165, 1.54) is 24.3 Å². The van der Waals surface area contributed by atoms with Gasteiger partial charge in [-0.15, -0.1) is 0 Å². The van der Waals surface area contributed by atoms with Gasteiger partial charge in [0.1, 0.15) is 0 Å². The fourth-order valence-electron chi connectivity index (χ4n) is 7.66. The van der Waals surface area contributed by atoms with E-state index in [0.717, 1.165) is 46.5 Å². The summed E-state index contributed by atoms with van der Waals surface area (Å²) in [7, 11) is 0. The molecule has 3 atom stereocenters. The normalized spacial score (nSPS) is 12.2. The Bertz CT molecular complexity index is 2980. The number of aliphatic carboxylic acids is 3. The van der Waals surface area contributed by atoms with Crippen LogP contribution in [-0.4, -0.2) is 69.1 Å². The van der Waals surface area contributed by atoms with Crippen molar-refractivity contribution in [1.29, 1.82) is 0 Å². The molecule has 6 N–H and O–H groups in total. The fraction of sp³-hybridized carbons (Fsp3) is 0.263. The highest BCUT2D eigenvalue weighted by atomic mass is 35.5. The van der Waals surface area contributed by atoms with Gasteiger partial charge in [0, 0.05) is 28.2 Å². The largest absolute Gasteiger partial charge is 0.481 e. The highest BCUT2D eigenvalue weighted by Crippen LogP contribution is 2.31. The van der Waals surface area contributed by atoms with E-state index in [1.54, 1.807) is 54.6 Å². The van der Waals surface area contributed by atoms with Gasteiger partial charge in [0.05, 0.1) is 59.7 Å². The van der Waals surface area contributed by atoms with E-state index < -0.39 is 65.4 Å². The van der Waals surface area contributed by atoms with Crippen molar-refractivity contribution in [1.82, 2.24) is 16.0 Å². The van der Waals surface area contributed by atoms with Gasteiger partial charge in [0.2, 0.25) is 17.7 Å². The third kappa shape index (κ3) is 24.6. The third-order valence-corrected chi connectivity index (χ3v) is 12.8. The van der Waals surface area contributed by atoms with Crippen LogP contribution in [0.1, 0.15) is 69.3 Å². The maximum Gasteiger partial charge on any atom is 0.416 e. The van der Waals surface area contributed by atoms with Crippen molar-refractivity contribution in [2.75, 3.05) is 0 Å². The average molecular weight is 1180 g/mol. The second-order valence-corrected chi connectivity index (χ2v) is 19.7. The Balaban J connectivity index is 0.000000256. The molecule has 6 rings (SSSR count). The standard InChI is InChI=1S/C20H20F3NO3.C19H16Cl2F3NO3.C18H17Cl2NO3/c1-13-2-4-15(5-3-13)11-18(25)24-17(12-19(26)27)10-14-6-8-16(9-7-14)20(21,22)23;20-15-3-1-2-12(18(15)21)9-16(26)25-14(10-17(27)28)8-11-4-6-13(7-5-11)19(22,23)24;19-14-5-1-12(2-6-14)9-16(11-18(23)24)21-17(22)10-13-3-7-15(20)8-4-13/h2-9,17H,10-12H2,1H3,(H,24,25)(H,26,27);1-7,14H,8-10H2,(H,25,26)(H,27,28);1-8,16H,9-11H2,(H,21,22)(H,23,24)/t17-;14-;16-/m000/s1. The molecule has 3 amide bonds. The first-order valence-electron chi connectivity index (χ1n) is 23.9. The molecule has 0 spiro atoms. The number of carbonyl (C=O) groups excluding carboxylic acids is 3. The van der Waals surface area contributed by atoms with Gasteiger partial charge in [-0.1, -0.05) is 137 Å². The molecule has 0 saturated carbocycles. The van der Waals surface area contributed by atoms with Gasteiger partial charge in [0.15, 0.2) is 0 Å². The van der Waals surface area contributed by atoms with E-state index in [4.69, 9.17) is 61.7 Å². The molecule has 22 heteroatoms. The summed E-state index contributed by atoms with van der Waals surface area (Å²) < 4.78 is 75.8. The van der Waals surface area contributed by atoms with Crippen LogP contribution >= 0.6 is 46.4 Å². The predicted molar refractivity (Wildman–Crippen MR) is 288 cm³/mol. The Morgan fingerprint density at radius 2 is 0.734 bits per heavy atom. The molecular formula is C57H53Cl4F6N3O9. The molecule has 420 valence electrons. The van der Waals surface area contributed by atoms with Gasteiger partial charge in [-0.05, 0) is 114 Å². The number of hydrogen-bond donors (Lipinski definition) is 6. The fourth-order valence-corrected chi connectivity index (χ4v) is 8.30. The number of rotatable bonds is 21. The maximum absolute atomic E-state index is 12.6. The predicted octanol–water partition coefficient (Wildman–Crippen LogP) is 12.3. The maximum atomic E-state index is 12.6. The van der Waals surface area contributed by atoms with Crippen LogP contribution in [0, 0.1) is 6.92 Å². The molecule has 0 radical (unpaired) electrons. The number of alkyl halides is 6. The van der Waals surface area contributed by atoms with Crippen molar-refractivity contribution < 1.29 is 70.4 Å². The molecule has 6 aromatic rings. The number of benzene rings is 6. The lowest BCUT2D eigenvalue weighted by atomic mass is 10.0. The van der Waals surface area contributed by atoms with E-state index in [2.05, 4.69) is 16.0 Å². The zero-order chi connectivity index (χ0) is 58.5. The molecule has 0 aliphatic rings. The molecule has 0 fully saturated rings. The number of carboxylic acid groups (broad SMARTS) is 3. The SMILES string of the molecule is Cc1ccc(CC(=O)N[C@H](CC(=O)O)Cc2ccc(C(F)(F)F)cc2)cc1.O=C(O)C[C@H](Cc1ccc(C(F)(F)F)cc1)NC(=O)Cc1cccc(Cl)c1Cl.O=C(O)C[C@H](Cc1ccc(Cl)cc1)NC(=O)Cc1ccc(Cl)cc1. The highest BCUT2D eigenvalue weighted by molar-refractivity contribution is 6.42. The lowest BCUT2D eigenvalue weighted by Crippen LogP contribution is -2.39. The highest BCUT2D eigenvalue weighted by Gasteiger charge is 2.31. The number of carbonyl (C=O) groups is 6. The molecule has 0 aromatic heterocycles. The summed E-state index contributed by atoms with van der Waals surface area (Å²) in [6.07, 6.45) is -8.93. The molecule has 12 nitrogen and oxygen atoms in total. The van der Waals surface area contributed by atoms with E-state index in [0.29, 0.717) is 38.2 Å². The number of carboxylic acids is 3. The number of amides is 3. The Morgan fingerprint density at radius 1 is 0.430 bits per heavy atom. The lowest BCUT2D eigenvalue weighted by molar-refractivity contribution is -0.139. The van der Waals surface area contributed by atoms with Crippen molar-refractivity contribution in [2.45, 2.75) is 95.2 Å². The van der Waals surface area contributed by atoms with Gasteiger partial charge in [0.25, 0.3) is 0 Å². The Morgan fingerprint density at radius 3 is 1.06 bits per heavy atom. The molecule has 6 aromatic carbocycles. The van der Waals surface area contributed by atoms with Crippen LogP contribution in [0.25, 0.3) is 0 Å². The zero-order valence-electron chi connectivity index (χ0n) is 41.9. The van der Waals surface area contributed by atoms with Crippen LogP contribution in [0.5, 0.6) is 0 Å². The van der Waals surface area contributed by atoms with Gasteiger partial charge >= 0.3 is 30.3 Å². The smallest absolute Gasteiger partial charge is 0.416 e. The molecule has 79 heavy (non-hydrogen) atoms. The number of halogens is 10. The van der Waals surface area contributed by atoms with Crippen LogP contribution in [0.3, 0.4) is 0 Å². The number of nitrogens with one attached hydrogen (secondary N) is 3. The first-order chi connectivity index (χ1) is 37.1. The third-order valence-electron chi connectivity index (χ3n) is 11.4. The molecule has 0 aliphatic carbocycles. The lowest BCUT2D eigenvalue weighted by Gasteiger charge is -2.18. The van der Waals surface area contributed by atoms with Gasteiger partial charge < -0.3 is 31.3 Å². The van der Waals surface area contributed by atoms with Crippen molar-refractivity contribution in [2.24, 2.45) is 0 Å². The average Bonchev–Trinajstić information content (AvgIpc) is 3.35. The minimum Gasteiger partial charge on any atom is -0.481 e. The van der Waals surface area contributed by atoms with Gasteiger partial charge in [-0.3, -0.25) is 28.8 Å². The van der Waals surface area contributed by atoms with Crippen LogP contribution < -0.4 is 16.0 Å². The van der Waals surface area contributed by atoms with E-state index >= 15 is 0 Å². The van der Waals surface area contributed by atoms with Crippen molar-refractivity contribution in [3.63, 3.8) is 0 Å². The minimum absolute atomic E-state index is 0.0689. The van der Waals surface area contributed by atoms with Crippen LogP contribution in [-0.2, 0) is 79.6 Å². The van der Waals surface area contributed by atoms with Crippen LogP contribution in [0.2, 0.25) is 20.1 Å². The quantitative estimate of drug-likeness (QED) is 0.0380. The summed E-state index contributed by atoms with van der Waals surface area (Å²) in [5.41, 5.74) is 3.48. The van der Waals surface area contributed by atoms with Crippen molar-refractivity contribution in [3.05, 3.63) is 210 Å². The molecule has 0 saturated heterocycles. The van der Waals surface area contributed by atoms with Crippen molar-refractivity contribution in [3.8, 4) is 0 Å². The van der Waals surface area contributed by atoms with E-state index in [1.807, 2.05) is 43.3 Å². The summed E-state index contributed by atoms with van der Waals surface area (Å²) >= 11 is 23.6. The zero-order valence-corrected chi connectivity index (χ0v) is 45.0. The Labute approximate surface area is 471 Å². The van der Waals surface area contributed by atoms with Crippen LogP contribution in [0.15, 0.2) is 140 Å². The second kappa shape index (κ2) is 30.9. The van der Waals surface area contributed by atoms with E-state index in [-0.39, 0.29) is 68.2 Å². The van der Waals surface area contributed by atoms with Gasteiger partial charge in [-0.25, -0.2) is 0 Å². The Kier molecular flexibility index (Phi) is 25.2. The summed E-state index contributed by atoms with van der Waals surface area (Å²) in [4.78, 5) is 69.9. The first kappa shape index (κ1) is 64.4. The molecule has 0 unspecified atom stereocenters.